The summed E-state index contributed by atoms with van der Waals surface area (Å²) in [6.07, 6.45) is 1.92. The Morgan fingerprint density at radius 1 is 1.10 bits per heavy atom. The summed E-state index contributed by atoms with van der Waals surface area (Å²) in [5, 5.41) is 0.516. The maximum Gasteiger partial charge on any atom is 0.276 e. The summed E-state index contributed by atoms with van der Waals surface area (Å²) < 4.78 is 8.74. The number of ether oxygens (including phenoxy) is 1. The molecule has 158 valence electrons. The molecular weight excluding hydrogens is 464 g/mol. The zero-order valence-electron chi connectivity index (χ0n) is 17.6. The number of halogens is 1. The van der Waals surface area contributed by atoms with E-state index in [0.717, 1.165) is 53.4 Å². The normalized spacial score (nSPS) is 18.8. The number of rotatable bonds is 3. The molecule has 2 aliphatic heterocycles. The molecule has 0 unspecified atom stereocenters. The van der Waals surface area contributed by atoms with Crippen LogP contribution in [0.4, 0.5) is 5.69 Å². The van der Waals surface area contributed by atoms with Crippen LogP contribution < -0.4 is 4.90 Å². The third-order valence-corrected chi connectivity index (χ3v) is 6.95. The Balaban J connectivity index is 1.69. The van der Waals surface area contributed by atoms with Crippen molar-refractivity contribution in [1.82, 2.24) is 14.4 Å². The number of carbonyl (C=O) groups is 1. The molecule has 0 radical (unpaired) electrons. The van der Waals surface area contributed by atoms with Crippen LogP contribution in [-0.4, -0.2) is 65.8 Å². The van der Waals surface area contributed by atoms with Crippen molar-refractivity contribution in [3.8, 4) is 5.69 Å². The van der Waals surface area contributed by atoms with Crippen LogP contribution in [0.2, 0.25) is 0 Å². The molecule has 2 saturated heterocycles. The highest BCUT2D eigenvalue weighted by molar-refractivity contribution is 9.10. The molecule has 0 saturated carbocycles. The molecule has 0 atom stereocenters. The number of carbonyl (C=O) groups excluding carboxylic acids is 1. The molecule has 0 aliphatic carbocycles. The Labute approximate surface area is 190 Å². The molecular formula is C22H25BrN4O2S. The first kappa shape index (κ1) is 21.1. The van der Waals surface area contributed by atoms with Gasteiger partial charge in [0, 0.05) is 48.7 Å². The maximum absolute atomic E-state index is 12.5. The molecule has 2 aliphatic rings. The van der Waals surface area contributed by atoms with Crippen LogP contribution >= 0.6 is 28.1 Å². The number of likely N-dealkylation sites (N-methyl/N-ethyl adjacent to an activating group) is 2. The molecule has 2 aromatic rings. The van der Waals surface area contributed by atoms with Gasteiger partial charge in [0.1, 0.15) is 5.70 Å². The van der Waals surface area contributed by atoms with Crippen molar-refractivity contribution in [2.24, 2.45) is 0 Å². The molecule has 0 spiro atoms. The Hall–Kier alpha value is -2.16. The van der Waals surface area contributed by atoms with Crippen molar-refractivity contribution in [3.63, 3.8) is 0 Å². The van der Waals surface area contributed by atoms with Crippen molar-refractivity contribution in [2.75, 3.05) is 45.3 Å². The van der Waals surface area contributed by atoms with E-state index in [0.29, 0.717) is 10.8 Å². The minimum Gasteiger partial charge on any atom is -0.378 e. The van der Waals surface area contributed by atoms with Gasteiger partial charge in [-0.2, -0.15) is 0 Å². The number of anilines is 1. The van der Waals surface area contributed by atoms with E-state index in [2.05, 4.69) is 63.5 Å². The second-order valence-electron chi connectivity index (χ2n) is 7.63. The van der Waals surface area contributed by atoms with Gasteiger partial charge in [-0.3, -0.25) is 9.69 Å². The summed E-state index contributed by atoms with van der Waals surface area (Å²) >= 11 is 9.08. The van der Waals surface area contributed by atoms with Crippen molar-refractivity contribution in [1.29, 1.82) is 0 Å². The molecule has 0 N–H and O–H groups in total. The van der Waals surface area contributed by atoms with Crippen LogP contribution in [0.15, 0.2) is 34.4 Å². The third-order valence-electron chi connectivity index (χ3n) is 5.76. The molecule has 4 rings (SSSR count). The first-order chi connectivity index (χ1) is 14.3. The molecule has 0 bridgehead atoms. The van der Waals surface area contributed by atoms with E-state index in [9.17, 15) is 4.79 Å². The summed E-state index contributed by atoms with van der Waals surface area (Å²) in [7, 11) is 3.54. The van der Waals surface area contributed by atoms with E-state index < -0.39 is 0 Å². The van der Waals surface area contributed by atoms with Crippen LogP contribution in [0.5, 0.6) is 0 Å². The van der Waals surface area contributed by atoms with Gasteiger partial charge in [-0.15, -0.1) is 0 Å². The molecule has 30 heavy (non-hydrogen) atoms. The smallest absolute Gasteiger partial charge is 0.276 e. The molecule has 2 fully saturated rings. The van der Waals surface area contributed by atoms with E-state index in [1.54, 1.807) is 11.9 Å². The summed E-state index contributed by atoms with van der Waals surface area (Å²) in [6, 6.07) is 8.55. The van der Waals surface area contributed by atoms with Crippen LogP contribution in [0.1, 0.15) is 17.0 Å². The van der Waals surface area contributed by atoms with E-state index in [-0.39, 0.29) is 5.91 Å². The molecule has 3 heterocycles. The lowest BCUT2D eigenvalue weighted by Crippen LogP contribution is -2.36. The average Bonchev–Trinajstić information content (AvgIpc) is 3.11. The molecule has 8 heteroatoms. The van der Waals surface area contributed by atoms with Crippen LogP contribution in [0.3, 0.4) is 0 Å². The fourth-order valence-electron chi connectivity index (χ4n) is 4.06. The first-order valence-corrected chi connectivity index (χ1v) is 11.1. The SMILES string of the molecule is Cc1cc(/C=C2/C(=O)N(C)C(=S)N2C)c(C)n1-c1ccc(N2CCOCC2)c(Br)c1. The Kier molecular flexibility index (Phi) is 5.74. The average molecular weight is 489 g/mol. The zero-order chi connectivity index (χ0) is 21.6. The topological polar surface area (TPSA) is 41.0 Å². The summed E-state index contributed by atoms with van der Waals surface area (Å²) in [5.74, 6) is -0.0788. The molecule has 1 aromatic heterocycles. The zero-order valence-corrected chi connectivity index (χ0v) is 20.0. The molecule has 1 aromatic carbocycles. The monoisotopic (exact) mass is 488 g/mol. The summed E-state index contributed by atoms with van der Waals surface area (Å²) in [4.78, 5) is 18.1. The Morgan fingerprint density at radius 2 is 1.80 bits per heavy atom. The van der Waals surface area contributed by atoms with E-state index in [1.165, 1.54) is 10.6 Å². The van der Waals surface area contributed by atoms with Gasteiger partial charge < -0.3 is 19.1 Å². The molecule has 6 nitrogen and oxygen atoms in total. The Bertz CT molecular complexity index is 1060. The number of aromatic nitrogens is 1. The van der Waals surface area contributed by atoms with Gasteiger partial charge in [-0.1, -0.05) is 0 Å². The number of thiocarbonyl (C=S) groups is 1. The number of morpholine rings is 1. The highest BCUT2D eigenvalue weighted by Crippen LogP contribution is 2.32. The van der Waals surface area contributed by atoms with Gasteiger partial charge in [0.05, 0.1) is 18.9 Å². The van der Waals surface area contributed by atoms with Crippen molar-refractivity contribution in [3.05, 3.63) is 51.4 Å². The fourth-order valence-corrected chi connectivity index (χ4v) is 4.86. The first-order valence-electron chi connectivity index (χ1n) is 9.88. The van der Waals surface area contributed by atoms with Gasteiger partial charge >= 0.3 is 0 Å². The minimum absolute atomic E-state index is 0.0788. The number of benzene rings is 1. The van der Waals surface area contributed by atoms with E-state index in [1.807, 2.05) is 13.1 Å². The third kappa shape index (κ3) is 3.57. The number of aryl methyl sites for hydroxylation is 1. The van der Waals surface area contributed by atoms with Gasteiger partial charge in [-0.25, -0.2) is 0 Å². The predicted octanol–water partition coefficient (Wildman–Crippen LogP) is 3.72. The summed E-state index contributed by atoms with van der Waals surface area (Å²) in [5.41, 5.74) is 6.04. The fraction of sp³-hybridized carbons (Fsp3) is 0.364. The predicted molar refractivity (Wildman–Crippen MR) is 127 cm³/mol. The van der Waals surface area contributed by atoms with Crippen molar-refractivity contribution < 1.29 is 9.53 Å². The van der Waals surface area contributed by atoms with Gasteiger partial charge in [0.2, 0.25) is 0 Å². The lowest BCUT2D eigenvalue weighted by Gasteiger charge is -2.30. The largest absolute Gasteiger partial charge is 0.378 e. The van der Waals surface area contributed by atoms with Gasteiger partial charge in [-0.05, 0) is 77.9 Å². The van der Waals surface area contributed by atoms with E-state index >= 15 is 0 Å². The van der Waals surface area contributed by atoms with Crippen LogP contribution in [0, 0.1) is 13.8 Å². The Morgan fingerprint density at radius 3 is 2.40 bits per heavy atom. The highest BCUT2D eigenvalue weighted by Gasteiger charge is 2.33. The van der Waals surface area contributed by atoms with Gasteiger partial charge in [0.25, 0.3) is 5.91 Å². The minimum atomic E-state index is -0.0788. The van der Waals surface area contributed by atoms with Crippen LogP contribution in [0.25, 0.3) is 11.8 Å². The molecule has 1 amide bonds. The maximum atomic E-state index is 12.5. The number of nitrogens with zero attached hydrogens (tertiary/aromatic N) is 4. The number of hydrogen-bond acceptors (Lipinski definition) is 4. The number of amides is 1. The van der Waals surface area contributed by atoms with Crippen molar-refractivity contribution in [2.45, 2.75) is 13.8 Å². The van der Waals surface area contributed by atoms with Gasteiger partial charge in [0.15, 0.2) is 5.11 Å². The standard InChI is InChI=1S/C22H25BrN4O2S/c1-14-11-16(12-20-21(28)25(4)22(30)24(20)3)15(2)27(14)17-5-6-19(18(23)13-17)26-7-9-29-10-8-26/h5-6,11-13H,7-10H2,1-4H3/b20-12-. The highest BCUT2D eigenvalue weighted by atomic mass is 79.9. The van der Waals surface area contributed by atoms with Crippen molar-refractivity contribution >= 4 is 50.9 Å². The number of hydrogen-bond donors (Lipinski definition) is 0. The second-order valence-corrected chi connectivity index (χ2v) is 8.85. The quantitative estimate of drug-likeness (QED) is 0.486. The lowest BCUT2D eigenvalue weighted by molar-refractivity contribution is -0.121. The summed E-state index contributed by atoms with van der Waals surface area (Å²) in [6.45, 7) is 7.46. The second kappa shape index (κ2) is 8.17. The van der Waals surface area contributed by atoms with Crippen LogP contribution in [-0.2, 0) is 9.53 Å². The lowest BCUT2D eigenvalue weighted by atomic mass is 10.2. The van der Waals surface area contributed by atoms with E-state index in [4.69, 9.17) is 17.0 Å².